The molecule has 0 aliphatic rings. The summed E-state index contributed by atoms with van der Waals surface area (Å²) >= 11 is 0. The fraction of sp³-hybridized carbons (Fsp3) is 0.143. The van der Waals surface area contributed by atoms with Crippen LogP contribution < -0.4 is 16.2 Å². The van der Waals surface area contributed by atoms with E-state index in [2.05, 4.69) is 24.7 Å². The molecule has 0 spiro atoms. The van der Waals surface area contributed by atoms with E-state index >= 15 is 4.39 Å². The number of benzene rings is 1. The van der Waals surface area contributed by atoms with Gasteiger partial charge in [0.15, 0.2) is 17.5 Å². The molecule has 0 radical (unpaired) electrons. The number of fused-ring (bicyclic) bond motifs is 1. The van der Waals surface area contributed by atoms with Crippen LogP contribution in [0.4, 0.5) is 30.5 Å². The summed E-state index contributed by atoms with van der Waals surface area (Å²) in [5, 5.41) is 0. The molecule has 3 aromatic heterocycles. The Labute approximate surface area is 192 Å². The van der Waals surface area contributed by atoms with Gasteiger partial charge in [0, 0.05) is 17.8 Å². The van der Waals surface area contributed by atoms with Crippen LogP contribution in [-0.4, -0.2) is 40.8 Å². The highest BCUT2D eigenvalue weighted by atomic mass is 32.2. The smallest absolute Gasteiger partial charge is 0.232 e. The lowest BCUT2D eigenvalue weighted by Crippen LogP contribution is -2.18. The second kappa shape index (κ2) is 9.09. The number of nitrogens with zero attached hydrogens (tertiary/aromatic N) is 4. The predicted molar refractivity (Wildman–Crippen MR) is 123 cm³/mol. The zero-order valence-corrected chi connectivity index (χ0v) is 18.3. The zero-order chi connectivity index (χ0) is 24.5. The summed E-state index contributed by atoms with van der Waals surface area (Å²) < 4.78 is 67.9. The highest BCUT2D eigenvalue weighted by Gasteiger charge is 2.18. The summed E-state index contributed by atoms with van der Waals surface area (Å²) in [6.07, 6.45) is 0.975. The van der Waals surface area contributed by atoms with Crippen LogP contribution in [0, 0.1) is 11.6 Å². The summed E-state index contributed by atoms with van der Waals surface area (Å²) in [7, 11) is -3.93. The lowest BCUT2D eigenvalue weighted by atomic mass is 10.1. The van der Waals surface area contributed by atoms with Crippen molar-refractivity contribution < 1.29 is 21.6 Å². The second-order valence-corrected chi connectivity index (χ2v) is 9.06. The third-order valence-electron chi connectivity index (χ3n) is 4.77. The van der Waals surface area contributed by atoms with E-state index in [0.717, 1.165) is 6.07 Å². The number of nitrogens with two attached hydrogens (primary N) is 2. The molecule has 0 aliphatic heterocycles. The molecule has 1 aromatic carbocycles. The van der Waals surface area contributed by atoms with Gasteiger partial charge in [-0.25, -0.2) is 37.1 Å². The van der Waals surface area contributed by atoms with E-state index in [9.17, 15) is 17.2 Å². The van der Waals surface area contributed by atoms with Gasteiger partial charge < -0.3 is 11.5 Å². The molecule has 4 rings (SSSR count). The van der Waals surface area contributed by atoms with Crippen molar-refractivity contribution in [1.29, 1.82) is 0 Å². The second-order valence-electron chi connectivity index (χ2n) is 7.22. The van der Waals surface area contributed by atoms with Gasteiger partial charge in [-0.15, -0.1) is 0 Å². The Morgan fingerprint density at radius 3 is 2.53 bits per heavy atom. The summed E-state index contributed by atoms with van der Waals surface area (Å²) in [5.74, 6) is -2.15. The number of anilines is 3. The number of hydrogen-bond donors (Lipinski definition) is 3. The maximum absolute atomic E-state index is 15.1. The van der Waals surface area contributed by atoms with E-state index < -0.39 is 34.1 Å². The summed E-state index contributed by atoms with van der Waals surface area (Å²) in [4.78, 5) is 16.5. The molecule has 0 unspecified atom stereocenters. The minimum absolute atomic E-state index is 0.00437. The summed E-state index contributed by atoms with van der Waals surface area (Å²) in [5.41, 5.74) is 11.7. The van der Waals surface area contributed by atoms with Gasteiger partial charge in [-0.2, -0.15) is 0 Å². The van der Waals surface area contributed by atoms with E-state index in [1.165, 1.54) is 36.5 Å². The third-order valence-corrected chi connectivity index (χ3v) is 6.13. The standard InChI is InChI=1S/C21H18F3N7O2S/c22-7-2-8-34(32,33)31-15-4-1-3-11(18(15)24)14-5-6-16-19(28-14)20(26)30-21(29-16)12-10-27-17(25)9-13(12)23/h1,3-6,9-10,31H,2,7-8H2,(H2,25,27)(H2,26,29,30). The normalized spacial score (nSPS) is 11.6. The van der Waals surface area contributed by atoms with Crippen LogP contribution in [0.25, 0.3) is 33.7 Å². The van der Waals surface area contributed by atoms with Crippen molar-refractivity contribution in [1.82, 2.24) is 19.9 Å². The number of nitrogens with one attached hydrogen (secondary N) is 1. The van der Waals surface area contributed by atoms with Crippen LogP contribution >= 0.6 is 0 Å². The fourth-order valence-corrected chi connectivity index (χ4v) is 4.27. The van der Waals surface area contributed by atoms with E-state index in [4.69, 9.17) is 11.5 Å². The first-order valence-electron chi connectivity index (χ1n) is 9.89. The van der Waals surface area contributed by atoms with E-state index in [-0.39, 0.29) is 57.4 Å². The van der Waals surface area contributed by atoms with Crippen LogP contribution in [0.15, 0.2) is 42.6 Å². The maximum atomic E-state index is 15.1. The summed E-state index contributed by atoms with van der Waals surface area (Å²) in [6, 6.07) is 8.07. The van der Waals surface area contributed by atoms with Gasteiger partial charge in [-0.05, 0) is 30.7 Å². The van der Waals surface area contributed by atoms with E-state index in [1.54, 1.807) is 0 Å². The van der Waals surface area contributed by atoms with Crippen molar-refractivity contribution in [3.05, 3.63) is 54.2 Å². The van der Waals surface area contributed by atoms with Crippen molar-refractivity contribution in [3.8, 4) is 22.6 Å². The minimum Gasteiger partial charge on any atom is -0.384 e. The molecule has 4 aromatic rings. The topological polar surface area (TPSA) is 150 Å². The molecule has 0 bridgehead atoms. The van der Waals surface area contributed by atoms with E-state index in [0.29, 0.717) is 0 Å². The number of rotatable bonds is 7. The third kappa shape index (κ3) is 4.69. The van der Waals surface area contributed by atoms with Crippen molar-refractivity contribution >= 4 is 38.4 Å². The summed E-state index contributed by atoms with van der Waals surface area (Å²) in [6.45, 7) is -0.808. The van der Waals surface area contributed by atoms with Crippen LogP contribution in [0.2, 0.25) is 0 Å². The molecule has 5 N–H and O–H groups in total. The molecule has 0 fully saturated rings. The van der Waals surface area contributed by atoms with Gasteiger partial charge in [-0.1, -0.05) is 6.07 Å². The molecular weight excluding hydrogens is 471 g/mol. The lowest BCUT2D eigenvalue weighted by molar-refractivity contribution is 0.484. The number of hydrogen-bond acceptors (Lipinski definition) is 8. The molecule has 0 saturated carbocycles. The van der Waals surface area contributed by atoms with Crippen molar-refractivity contribution in [2.45, 2.75) is 6.42 Å². The Hall–Kier alpha value is -4.00. The number of pyridine rings is 2. The van der Waals surface area contributed by atoms with Crippen molar-refractivity contribution in [3.63, 3.8) is 0 Å². The molecule has 0 amide bonds. The van der Waals surface area contributed by atoms with E-state index in [1.807, 2.05) is 0 Å². The Balaban J connectivity index is 1.73. The molecule has 0 aliphatic carbocycles. The molecule has 9 nitrogen and oxygen atoms in total. The first-order valence-corrected chi connectivity index (χ1v) is 11.5. The van der Waals surface area contributed by atoms with Crippen LogP contribution in [-0.2, 0) is 10.0 Å². The largest absolute Gasteiger partial charge is 0.384 e. The molecule has 34 heavy (non-hydrogen) atoms. The van der Waals surface area contributed by atoms with Crippen LogP contribution in [0.3, 0.4) is 0 Å². The molecule has 0 atom stereocenters. The highest BCUT2D eigenvalue weighted by Crippen LogP contribution is 2.30. The van der Waals surface area contributed by atoms with Crippen LogP contribution in [0.1, 0.15) is 6.42 Å². The first-order chi connectivity index (χ1) is 16.2. The Morgan fingerprint density at radius 1 is 1.00 bits per heavy atom. The number of alkyl halides is 1. The number of sulfonamides is 1. The molecule has 0 saturated heterocycles. The van der Waals surface area contributed by atoms with Gasteiger partial charge in [0.05, 0.1) is 34.9 Å². The Kier molecular flexibility index (Phi) is 6.20. The van der Waals surface area contributed by atoms with Gasteiger partial charge in [0.25, 0.3) is 0 Å². The molecule has 176 valence electrons. The SMILES string of the molecule is Nc1cc(F)c(-c2nc(N)c3nc(-c4cccc(NS(=O)(=O)CCCF)c4F)ccc3n2)cn1. The number of nitrogen functional groups attached to an aromatic ring is 2. The lowest BCUT2D eigenvalue weighted by Gasteiger charge is -2.12. The molecule has 3 heterocycles. The zero-order valence-electron chi connectivity index (χ0n) is 17.5. The quantitative estimate of drug-likeness (QED) is 0.358. The molecular formula is C21H18F3N7O2S. The average molecular weight is 489 g/mol. The Bertz CT molecular complexity index is 1500. The highest BCUT2D eigenvalue weighted by molar-refractivity contribution is 7.92. The minimum atomic E-state index is -3.93. The average Bonchev–Trinajstić information content (AvgIpc) is 2.79. The van der Waals surface area contributed by atoms with Gasteiger partial charge in [0.2, 0.25) is 10.0 Å². The fourth-order valence-electron chi connectivity index (χ4n) is 3.19. The van der Waals surface area contributed by atoms with Crippen molar-refractivity contribution in [2.75, 3.05) is 28.6 Å². The number of aromatic nitrogens is 4. The van der Waals surface area contributed by atoms with Gasteiger partial charge in [0.1, 0.15) is 17.2 Å². The monoisotopic (exact) mass is 489 g/mol. The number of halogens is 3. The first kappa shape index (κ1) is 23.2. The Morgan fingerprint density at radius 2 is 1.79 bits per heavy atom. The van der Waals surface area contributed by atoms with Gasteiger partial charge in [-0.3, -0.25) is 9.11 Å². The van der Waals surface area contributed by atoms with Crippen molar-refractivity contribution in [2.24, 2.45) is 0 Å². The molecule has 13 heteroatoms. The predicted octanol–water partition coefficient (Wildman–Crippen LogP) is 3.30. The van der Waals surface area contributed by atoms with Crippen LogP contribution in [0.5, 0.6) is 0 Å². The van der Waals surface area contributed by atoms with Gasteiger partial charge >= 0.3 is 0 Å². The maximum Gasteiger partial charge on any atom is 0.232 e.